The molecule has 0 N–H and O–H groups in total. The maximum absolute atomic E-state index is 12.2. The third-order valence-electron chi connectivity index (χ3n) is 3.45. The summed E-state index contributed by atoms with van der Waals surface area (Å²) in [5.41, 5.74) is 2.97. The van der Waals surface area contributed by atoms with Crippen molar-refractivity contribution < 1.29 is 9.53 Å². The molecule has 0 bridgehead atoms. The van der Waals surface area contributed by atoms with E-state index in [1.165, 1.54) is 11.6 Å². The summed E-state index contributed by atoms with van der Waals surface area (Å²) < 4.78 is 6.73. The van der Waals surface area contributed by atoms with Crippen LogP contribution in [0.15, 0.2) is 27.7 Å². The fraction of sp³-hybridized carbons (Fsp3) is 0.375. The standard InChI is InChI=1S/C16H19NO3S/c1-4-20-16(19)15-11(2)9-14(18)17(12(15)3)7-5-13-6-8-21-10-13/h6,8-10H,4-5,7H2,1-3H3. The zero-order valence-electron chi connectivity index (χ0n) is 12.5. The highest BCUT2D eigenvalue weighted by atomic mass is 32.1. The number of esters is 1. The van der Waals surface area contributed by atoms with Gasteiger partial charge in [-0.25, -0.2) is 4.79 Å². The van der Waals surface area contributed by atoms with Crippen LogP contribution in [0, 0.1) is 13.8 Å². The number of hydrogen-bond acceptors (Lipinski definition) is 4. The van der Waals surface area contributed by atoms with Gasteiger partial charge in [0.1, 0.15) is 0 Å². The minimum Gasteiger partial charge on any atom is -0.462 e. The summed E-state index contributed by atoms with van der Waals surface area (Å²) in [5, 5.41) is 4.09. The van der Waals surface area contributed by atoms with E-state index in [9.17, 15) is 9.59 Å². The molecule has 0 aliphatic rings. The van der Waals surface area contributed by atoms with Crippen molar-refractivity contribution >= 4 is 17.3 Å². The van der Waals surface area contributed by atoms with E-state index in [4.69, 9.17) is 4.74 Å². The Hall–Kier alpha value is -1.88. The Morgan fingerprint density at radius 2 is 2.14 bits per heavy atom. The van der Waals surface area contributed by atoms with Crippen LogP contribution in [0.25, 0.3) is 0 Å². The number of carbonyl (C=O) groups is 1. The van der Waals surface area contributed by atoms with Crippen LogP contribution in [-0.4, -0.2) is 17.1 Å². The van der Waals surface area contributed by atoms with Gasteiger partial charge in [-0.2, -0.15) is 11.3 Å². The van der Waals surface area contributed by atoms with Crippen molar-refractivity contribution in [1.29, 1.82) is 0 Å². The van der Waals surface area contributed by atoms with Crippen LogP contribution in [0.4, 0.5) is 0 Å². The van der Waals surface area contributed by atoms with Gasteiger partial charge >= 0.3 is 5.97 Å². The molecule has 0 spiro atoms. The number of hydrogen-bond donors (Lipinski definition) is 0. The Morgan fingerprint density at radius 3 is 2.76 bits per heavy atom. The summed E-state index contributed by atoms with van der Waals surface area (Å²) in [6.45, 7) is 6.23. The molecule has 0 saturated heterocycles. The maximum atomic E-state index is 12.2. The first-order chi connectivity index (χ1) is 10.0. The lowest BCUT2D eigenvalue weighted by Crippen LogP contribution is -2.26. The molecule has 0 atom stereocenters. The van der Waals surface area contributed by atoms with Crippen molar-refractivity contribution in [2.45, 2.75) is 33.7 Å². The molecule has 2 aromatic rings. The van der Waals surface area contributed by atoms with E-state index in [0.717, 1.165) is 6.42 Å². The molecular formula is C16H19NO3S. The Balaban J connectivity index is 2.34. The molecule has 0 fully saturated rings. The molecule has 0 saturated carbocycles. The number of pyridine rings is 1. The van der Waals surface area contributed by atoms with Gasteiger partial charge in [0.25, 0.3) is 5.56 Å². The highest BCUT2D eigenvalue weighted by Crippen LogP contribution is 2.14. The molecular weight excluding hydrogens is 286 g/mol. The molecule has 4 nitrogen and oxygen atoms in total. The molecule has 0 aliphatic heterocycles. The van der Waals surface area contributed by atoms with E-state index in [0.29, 0.717) is 30.0 Å². The van der Waals surface area contributed by atoms with Gasteiger partial charge in [0.2, 0.25) is 0 Å². The first kappa shape index (κ1) is 15.5. The fourth-order valence-electron chi connectivity index (χ4n) is 2.39. The van der Waals surface area contributed by atoms with Gasteiger partial charge in [0, 0.05) is 18.3 Å². The molecule has 0 aliphatic carbocycles. The zero-order valence-corrected chi connectivity index (χ0v) is 13.3. The van der Waals surface area contributed by atoms with E-state index in [1.807, 2.05) is 11.4 Å². The van der Waals surface area contributed by atoms with Gasteiger partial charge in [-0.1, -0.05) is 0 Å². The molecule has 21 heavy (non-hydrogen) atoms. The maximum Gasteiger partial charge on any atom is 0.340 e. The molecule has 2 heterocycles. The molecule has 0 radical (unpaired) electrons. The van der Waals surface area contributed by atoms with Gasteiger partial charge in [-0.05, 0) is 55.1 Å². The van der Waals surface area contributed by atoms with E-state index < -0.39 is 0 Å². The van der Waals surface area contributed by atoms with Crippen molar-refractivity contribution in [3.05, 3.63) is 55.6 Å². The Morgan fingerprint density at radius 1 is 1.38 bits per heavy atom. The molecule has 0 aromatic carbocycles. The smallest absolute Gasteiger partial charge is 0.340 e. The van der Waals surface area contributed by atoms with Crippen molar-refractivity contribution in [2.75, 3.05) is 6.61 Å². The van der Waals surface area contributed by atoms with Gasteiger partial charge in [0.15, 0.2) is 0 Å². The van der Waals surface area contributed by atoms with Gasteiger partial charge < -0.3 is 9.30 Å². The number of nitrogens with zero attached hydrogens (tertiary/aromatic N) is 1. The summed E-state index contributed by atoms with van der Waals surface area (Å²) in [5.74, 6) is -0.364. The van der Waals surface area contributed by atoms with Crippen molar-refractivity contribution in [3.63, 3.8) is 0 Å². The van der Waals surface area contributed by atoms with E-state index in [-0.39, 0.29) is 11.5 Å². The molecule has 5 heteroatoms. The van der Waals surface area contributed by atoms with Crippen molar-refractivity contribution in [2.24, 2.45) is 0 Å². The van der Waals surface area contributed by atoms with Crippen LogP contribution < -0.4 is 5.56 Å². The highest BCUT2D eigenvalue weighted by molar-refractivity contribution is 7.07. The molecule has 0 unspecified atom stereocenters. The number of aromatic nitrogens is 1. The third kappa shape index (κ3) is 3.42. The minimum atomic E-state index is -0.364. The van der Waals surface area contributed by atoms with Crippen molar-refractivity contribution in [1.82, 2.24) is 4.57 Å². The van der Waals surface area contributed by atoms with Crippen LogP contribution in [-0.2, 0) is 17.7 Å². The average molecular weight is 305 g/mol. The number of rotatable bonds is 5. The topological polar surface area (TPSA) is 48.3 Å². The normalized spacial score (nSPS) is 10.6. The Labute approximate surface area is 128 Å². The average Bonchev–Trinajstić information content (AvgIpc) is 2.91. The quantitative estimate of drug-likeness (QED) is 0.798. The van der Waals surface area contributed by atoms with E-state index >= 15 is 0 Å². The first-order valence-electron chi connectivity index (χ1n) is 6.93. The third-order valence-corrected chi connectivity index (χ3v) is 4.18. The molecule has 2 rings (SSSR count). The van der Waals surface area contributed by atoms with Crippen LogP contribution >= 0.6 is 11.3 Å². The summed E-state index contributed by atoms with van der Waals surface area (Å²) in [4.78, 5) is 24.2. The minimum absolute atomic E-state index is 0.0757. The number of thiophene rings is 1. The van der Waals surface area contributed by atoms with Gasteiger partial charge in [-0.15, -0.1) is 0 Å². The second-order valence-corrected chi connectivity index (χ2v) is 5.66. The van der Waals surface area contributed by atoms with Crippen LogP contribution in [0.3, 0.4) is 0 Å². The summed E-state index contributed by atoms with van der Waals surface area (Å²) in [6, 6.07) is 3.55. The summed E-state index contributed by atoms with van der Waals surface area (Å²) >= 11 is 1.64. The predicted molar refractivity (Wildman–Crippen MR) is 84.2 cm³/mol. The van der Waals surface area contributed by atoms with Gasteiger partial charge in [-0.3, -0.25) is 4.79 Å². The largest absolute Gasteiger partial charge is 0.462 e. The fourth-order valence-corrected chi connectivity index (χ4v) is 3.09. The lowest BCUT2D eigenvalue weighted by molar-refractivity contribution is 0.0523. The first-order valence-corrected chi connectivity index (χ1v) is 7.88. The summed E-state index contributed by atoms with van der Waals surface area (Å²) in [7, 11) is 0. The lowest BCUT2D eigenvalue weighted by Gasteiger charge is -2.15. The van der Waals surface area contributed by atoms with Crippen LogP contribution in [0.5, 0.6) is 0 Å². The lowest BCUT2D eigenvalue weighted by atomic mass is 10.1. The van der Waals surface area contributed by atoms with Crippen molar-refractivity contribution in [3.8, 4) is 0 Å². The second kappa shape index (κ2) is 6.72. The number of carbonyl (C=O) groups excluding carboxylic acids is 1. The monoisotopic (exact) mass is 305 g/mol. The SMILES string of the molecule is CCOC(=O)c1c(C)cc(=O)n(CCc2ccsc2)c1C. The number of ether oxygens (including phenoxy) is 1. The predicted octanol–water partition coefficient (Wildman–Crippen LogP) is 2.95. The van der Waals surface area contributed by atoms with E-state index in [1.54, 1.807) is 36.7 Å². The van der Waals surface area contributed by atoms with Crippen LogP contribution in [0.1, 0.15) is 34.1 Å². The van der Waals surface area contributed by atoms with Gasteiger partial charge in [0.05, 0.1) is 12.2 Å². The molecule has 0 amide bonds. The number of aryl methyl sites for hydroxylation is 2. The van der Waals surface area contributed by atoms with Crippen LogP contribution in [0.2, 0.25) is 0 Å². The Kier molecular flexibility index (Phi) is 4.96. The van der Waals surface area contributed by atoms with E-state index in [2.05, 4.69) is 5.38 Å². The summed E-state index contributed by atoms with van der Waals surface area (Å²) in [6.07, 6.45) is 0.773. The Bertz CT molecular complexity index is 686. The second-order valence-electron chi connectivity index (χ2n) is 4.88. The molecule has 112 valence electrons. The highest BCUT2D eigenvalue weighted by Gasteiger charge is 2.17. The molecule has 2 aromatic heterocycles. The zero-order chi connectivity index (χ0) is 15.4.